The molecular formula is C10H10F3N. The molecule has 76 valence electrons. The summed E-state index contributed by atoms with van der Waals surface area (Å²) >= 11 is 0. The van der Waals surface area contributed by atoms with E-state index in [0.717, 1.165) is 6.08 Å². The van der Waals surface area contributed by atoms with Crippen LogP contribution in [0.15, 0.2) is 36.4 Å². The number of rotatable bonds is 2. The molecule has 4 heteroatoms. The lowest BCUT2D eigenvalue weighted by molar-refractivity contribution is -0.136. The van der Waals surface area contributed by atoms with Gasteiger partial charge in [0.2, 0.25) is 0 Å². The van der Waals surface area contributed by atoms with E-state index in [2.05, 4.69) is 0 Å². The fourth-order valence-electron chi connectivity index (χ4n) is 0.888. The van der Waals surface area contributed by atoms with Gasteiger partial charge in [0.1, 0.15) is 6.04 Å². The maximum Gasteiger partial charge on any atom is 0.407 e. The third-order valence-electron chi connectivity index (χ3n) is 1.67. The van der Waals surface area contributed by atoms with Gasteiger partial charge in [-0.25, -0.2) is 0 Å². The average molecular weight is 201 g/mol. The van der Waals surface area contributed by atoms with E-state index in [1.54, 1.807) is 30.3 Å². The van der Waals surface area contributed by atoms with E-state index in [1.807, 2.05) is 0 Å². The molecule has 0 saturated carbocycles. The first-order chi connectivity index (χ1) is 6.50. The van der Waals surface area contributed by atoms with Crippen LogP contribution in [0.5, 0.6) is 0 Å². The summed E-state index contributed by atoms with van der Waals surface area (Å²) in [5, 5.41) is 0. The van der Waals surface area contributed by atoms with Crippen LogP contribution in [0.4, 0.5) is 13.2 Å². The van der Waals surface area contributed by atoms with Gasteiger partial charge in [-0.05, 0) is 5.56 Å². The first-order valence-electron chi connectivity index (χ1n) is 4.05. The zero-order valence-electron chi connectivity index (χ0n) is 7.33. The molecule has 0 heterocycles. The molecule has 2 N–H and O–H groups in total. The van der Waals surface area contributed by atoms with Crippen molar-refractivity contribution in [3.8, 4) is 0 Å². The molecule has 0 aliphatic rings. The summed E-state index contributed by atoms with van der Waals surface area (Å²) in [5.74, 6) is 0. The second kappa shape index (κ2) is 4.28. The van der Waals surface area contributed by atoms with Crippen molar-refractivity contribution in [2.24, 2.45) is 5.73 Å². The lowest BCUT2D eigenvalue weighted by Gasteiger charge is -2.10. The molecule has 0 aromatic heterocycles. The first-order valence-corrected chi connectivity index (χ1v) is 4.05. The van der Waals surface area contributed by atoms with Crippen molar-refractivity contribution in [1.29, 1.82) is 0 Å². The Balaban J connectivity index is 2.66. The minimum Gasteiger partial charge on any atom is -0.317 e. The number of hydrogen-bond donors (Lipinski definition) is 1. The van der Waals surface area contributed by atoms with Crippen molar-refractivity contribution in [3.63, 3.8) is 0 Å². The minimum atomic E-state index is -4.37. The van der Waals surface area contributed by atoms with E-state index < -0.39 is 12.2 Å². The Morgan fingerprint density at radius 3 is 2.21 bits per heavy atom. The summed E-state index contributed by atoms with van der Waals surface area (Å²) in [6.45, 7) is 0. The molecule has 0 saturated heterocycles. The normalized spacial score (nSPS) is 14.6. The Labute approximate surface area is 80.0 Å². The van der Waals surface area contributed by atoms with Crippen molar-refractivity contribution in [3.05, 3.63) is 42.0 Å². The standard InChI is InChI=1S/C10H10F3N/c11-10(12,13)9(14)7-6-8-4-2-1-3-5-8/h1-7,9H,14H2/b7-6+/t9-/m0/s1. The van der Waals surface area contributed by atoms with Crippen molar-refractivity contribution in [1.82, 2.24) is 0 Å². The third-order valence-corrected chi connectivity index (χ3v) is 1.67. The summed E-state index contributed by atoms with van der Waals surface area (Å²) < 4.78 is 35.9. The van der Waals surface area contributed by atoms with Crippen LogP contribution in [0.1, 0.15) is 5.56 Å². The molecular weight excluding hydrogens is 191 g/mol. The highest BCUT2D eigenvalue weighted by Crippen LogP contribution is 2.19. The molecule has 0 bridgehead atoms. The van der Waals surface area contributed by atoms with Gasteiger partial charge in [-0.3, -0.25) is 0 Å². The smallest absolute Gasteiger partial charge is 0.317 e. The monoisotopic (exact) mass is 201 g/mol. The highest BCUT2D eigenvalue weighted by Gasteiger charge is 2.34. The van der Waals surface area contributed by atoms with E-state index in [4.69, 9.17) is 5.73 Å². The number of nitrogens with two attached hydrogens (primary N) is 1. The topological polar surface area (TPSA) is 26.0 Å². The highest BCUT2D eigenvalue weighted by atomic mass is 19.4. The highest BCUT2D eigenvalue weighted by molar-refractivity contribution is 5.49. The molecule has 1 aromatic rings. The predicted molar refractivity (Wildman–Crippen MR) is 49.5 cm³/mol. The predicted octanol–water partition coefficient (Wildman–Crippen LogP) is 2.59. The zero-order valence-corrected chi connectivity index (χ0v) is 7.33. The Kier molecular flexibility index (Phi) is 3.30. The van der Waals surface area contributed by atoms with Crippen LogP contribution in [0.3, 0.4) is 0 Å². The van der Waals surface area contributed by atoms with Gasteiger partial charge in [-0.2, -0.15) is 13.2 Å². The summed E-state index contributed by atoms with van der Waals surface area (Å²) in [6, 6.07) is 6.81. The molecule has 0 fully saturated rings. The van der Waals surface area contributed by atoms with Crippen LogP contribution in [0.2, 0.25) is 0 Å². The fourth-order valence-corrected chi connectivity index (χ4v) is 0.888. The summed E-state index contributed by atoms with van der Waals surface area (Å²) in [7, 11) is 0. The molecule has 0 unspecified atom stereocenters. The molecule has 1 nitrogen and oxygen atoms in total. The van der Waals surface area contributed by atoms with Crippen molar-refractivity contribution in [2.75, 3.05) is 0 Å². The number of benzene rings is 1. The molecule has 0 radical (unpaired) electrons. The second-order valence-corrected chi connectivity index (χ2v) is 2.84. The molecule has 1 rings (SSSR count). The second-order valence-electron chi connectivity index (χ2n) is 2.84. The van der Waals surface area contributed by atoms with E-state index in [1.165, 1.54) is 6.08 Å². The molecule has 0 aliphatic heterocycles. The van der Waals surface area contributed by atoms with Gasteiger partial charge >= 0.3 is 6.18 Å². The van der Waals surface area contributed by atoms with Gasteiger partial charge < -0.3 is 5.73 Å². The summed E-state index contributed by atoms with van der Waals surface area (Å²) in [4.78, 5) is 0. The molecule has 0 aliphatic carbocycles. The van der Waals surface area contributed by atoms with Crippen LogP contribution < -0.4 is 5.73 Å². The van der Waals surface area contributed by atoms with Gasteiger partial charge in [-0.1, -0.05) is 42.5 Å². The van der Waals surface area contributed by atoms with Crippen LogP contribution >= 0.6 is 0 Å². The van der Waals surface area contributed by atoms with Crippen molar-refractivity contribution >= 4 is 6.08 Å². The Bertz CT molecular complexity index is 303. The Hall–Kier alpha value is -1.29. The van der Waals surface area contributed by atoms with Crippen LogP contribution in [-0.2, 0) is 0 Å². The maximum atomic E-state index is 12.0. The molecule has 1 atom stereocenters. The van der Waals surface area contributed by atoms with Gasteiger partial charge in [0.05, 0.1) is 0 Å². The van der Waals surface area contributed by atoms with Crippen molar-refractivity contribution in [2.45, 2.75) is 12.2 Å². The summed E-state index contributed by atoms with van der Waals surface area (Å²) in [5.41, 5.74) is 5.59. The maximum absolute atomic E-state index is 12.0. The SMILES string of the molecule is N[C@@H](/C=C/c1ccccc1)C(F)(F)F. The van der Waals surface area contributed by atoms with E-state index in [0.29, 0.717) is 5.56 Å². The fraction of sp³-hybridized carbons (Fsp3) is 0.200. The number of alkyl halides is 3. The average Bonchev–Trinajstić information content (AvgIpc) is 2.14. The number of hydrogen-bond acceptors (Lipinski definition) is 1. The van der Waals surface area contributed by atoms with Crippen molar-refractivity contribution < 1.29 is 13.2 Å². The molecule has 14 heavy (non-hydrogen) atoms. The van der Waals surface area contributed by atoms with E-state index in [9.17, 15) is 13.2 Å². The largest absolute Gasteiger partial charge is 0.407 e. The van der Waals surface area contributed by atoms with Crippen LogP contribution in [-0.4, -0.2) is 12.2 Å². The Morgan fingerprint density at radius 1 is 1.14 bits per heavy atom. The Morgan fingerprint density at radius 2 is 1.71 bits per heavy atom. The van der Waals surface area contributed by atoms with Gasteiger partial charge in [0.25, 0.3) is 0 Å². The van der Waals surface area contributed by atoms with Crippen LogP contribution in [0.25, 0.3) is 6.08 Å². The first kappa shape index (κ1) is 10.8. The molecule has 0 amide bonds. The lowest BCUT2D eigenvalue weighted by Crippen LogP contribution is -2.35. The lowest BCUT2D eigenvalue weighted by atomic mass is 10.2. The quantitative estimate of drug-likeness (QED) is 0.781. The molecule has 1 aromatic carbocycles. The van der Waals surface area contributed by atoms with Gasteiger partial charge in [-0.15, -0.1) is 0 Å². The third kappa shape index (κ3) is 3.22. The van der Waals surface area contributed by atoms with Gasteiger partial charge in [0, 0.05) is 0 Å². The van der Waals surface area contributed by atoms with E-state index in [-0.39, 0.29) is 0 Å². The number of halogens is 3. The van der Waals surface area contributed by atoms with E-state index >= 15 is 0 Å². The molecule has 0 spiro atoms. The minimum absolute atomic E-state index is 0.701. The zero-order chi connectivity index (χ0) is 10.6. The summed E-state index contributed by atoms with van der Waals surface area (Å²) in [6.07, 6.45) is -2.07. The van der Waals surface area contributed by atoms with Gasteiger partial charge in [0.15, 0.2) is 0 Å². The van der Waals surface area contributed by atoms with Crippen LogP contribution in [0, 0.1) is 0 Å².